The third kappa shape index (κ3) is 5.07. The second kappa shape index (κ2) is 7.14. The van der Waals surface area contributed by atoms with Crippen molar-refractivity contribution < 1.29 is 13.2 Å². The Morgan fingerprint density at radius 2 is 1.87 bits per heavy atom. The number of primary sulfonamides is 1. The highest BCUT2D eigenvalue weighted by Gasteiger charge is 2.08. The van der Waals surface area contributed by atoms with E-state index in [4.69, 9.17) is 28.3 Å². The summed E-state index contributed by atoms with van der Waals surface area (Å²) in [6.07, 6.45) is 2.77. The molecule has 120 valence electrons. The van der Waals surface area contributed by atoms with Gasteiger partial charge < -0.3 is 5.32 Å². The quantitative estimate of drug-likeness (QED) is 0.809. The zero-order valence-electron chi connectivity index (χ0n) is 11.7. The average molecular weight is 371 g/mol. The average Bonchev–Trinajstić information content (AvgIpc) is 2.47. The van der Waals surface area contributed by atoms with Gasteiger partial charge in [0.15, 0.2) is 0 Å². The lowest BCUT2D eigenvalue weighted by Crippen LogP contribution is -2.13. The molecule has 0 aliphatic heterocycles. The second-order valence-corrected chi connectivity index (χ2v) is 6.97. The van der Waals surface area contributed by atoms with Crippen LogP contribution in [0.25, 0.3) is 6.08 Å². The van der Waals surface area contributed by atoms with Crippen LogP contribution in [0, 0.1) is 0 Å². The smallest absolute Gasteiger partial charge is 0.248 e. The molecule has 2 rings (SSSR count). The van der Waals surface area contributed by atoms with Gasteiger partial charge in [-0.3, -0.25) is 4.79 Å². The van der Waals surface area contributed by atoms with Crippen LogP contribution in [-0.4, -0.2) is 14.3 Å². The number of benzene rings is 2. The van der Waals surface area contributed by atoms with E-state index in [0.717, 1.165) is 0 Å². The highest BCUT2D eigenvalue weighted by molar-refractivity contribution is 7.89. The monoisotopic (exact) mass is 370 g/mol. The lowest BCUT2D eigenvalue weighted by Gasteiger charge is -2.04. The van der Waals surface area contributed by atoms with Crippen LogP contribution in [0.2, 0.25) is 10.0 Å². The van der Waals surface area contributed by atoms with Crippen molar-refractivity contribution in [2.75, 3.05) is 5.32 Å². The Labute approximate surface area is 143 Å². The molecule has 23 heavy (non-hydrogen) atoms. The number of sulfonamides is 1. The van der Waals surface area contributed by atoms with Crippen LogP contribution in [0.3, 0.4) is 0 Å². The van der Waals surface area contributed by atoms with Gasteiger partial charge in [-0.2, -0.15) is 0 Å². The Morgan fingerprint density at radius 3 is 2.57 bits per heavy atom. The van der Waals surface area contributed by atoms with Crippen LogP contribution in [-0.2, 0) is 14.8 Å². The Kier molecular flexibility index (Phi) is 5.43. The van der Waals surface area contributed by atoms with Crippen LogP contribution in [0.5, 0.6) is 0 Å². The van der Waals surface area contributed by atoms with E-state index in [-0.39, 0.29) is 4.90 Å². The Bertz CT molecular complexity index is 880. The molecule has 0 atom stereocenters. The lowest BCUT2D eigenvalue weighted by atomic mass is 10.2. The first-order chi connectivity index (χ1) is 10.8. The summed E-state index contributed by atoms with van der Waals surface area (Å²) in [6, 6.07) is 10.5. The number of hydrogen-bond donors (Lipinski definition) is 2. The largest absolute Gasteiger partial charge is 0.322 e. The number of nitrogens with two attached hydrogens (primary N) is 1. The van der Waals surface area contributed by atoms with E-state index in [0.29, 0.717) is 21.3 Å². The molecule has 3 N–H and O–H groups in total. The Morgan fingerprint density at radius 1 is 1.13 bits per heavy atom. The molecule has 0 bridgehead atoms. The van der Waals surface area contributed by atoms with Gasteiger partial charge in [-0.1, -0.05) is 29.3 Å². The molecule has 0 saturated carbocycles. The molecule has 0 aromatic heterocycles. The lowest BCUT2D eigenvalue weighted by molar-refractivity contribution is -0.111. The van der Waals surface area contributed by atoms with E-state index in [1.807, 2.05) is 0 Å². The summed E-state index contributed by atoms with van der Waals surface area (Å²) in [5.74, 6) is -0.451. The first kappa shape index (κ1) is 17.5. The minimum absolute atomic E-state index is 0.0860. The van der Waals surface area contributed by atoms with Crippen molar-refractivity contribution in [3.63, 3.8) is 0 Å². The van der Waals surface area contributed by atoms with Crippen LogP contribution < -0.4 is 10.5 Å². The predicted octanol–water partition coefficient (Wildman–Crippen LogP) is 3.29. The van der Waals surface area contributed by atoms with Crippen LogP contribution >= 0.6 is 23.2 Å². The number of halogens is 2. The number of carbonyl (C=O) groups is 1. The highest BCUT2D eigenvalue weighted by atomic mass is 35.5. The minimum atomic E-state index is -3.83. The predicted molar refractivity (Wildman–Crippen MR) is 91.9 cm³/mol. The van der Waals surface area contributed by atoms with Gasteiger partial charge >= 0.3 is 0 Å². The Hall–Kier alpha value is -1.86. The summed E-state index contributed by atoms with van der Waals surface area (Å²) in [5.41, 5.74) is 0.899. The van der Waals surface area contributed by atoms with Gasteiger partial charge in [-0.05, 0) is 48.0 Å². The zero-order chi connectivity index (χ0) is 17.0. The first-order valence-corrected chi connectivity index (χ1v) is 8.63. The van der Waals surface area contributed by atoms with E-state index >= 15 is 0 Å². The normalized spacial score (nSPS) is 11.6. The number of hydrogen-bond acceptors (Lipinski definition) is 3. The van der Waals surface area contributed by atoms with Crippen molar-refractivity contribution in [1.29, 1.82) is 0 Å². The molecule has 2 aromatic rings. The van der Waals surface area contributed by atoms with E-state index in [1.54, 1.807) is 24.3 Å². The van der Waals surface area contributed by atoms with Crippen molar-refractivity contribution in [1.82, 2.24) is 0 Å². The summed E-state index contributed by atoms with van der Waals surface area (Å²) >= 11 is 11.8. The molecule has 0 radical (unpaired) electrons. The summed E-state index contributed by atoms with van der Waals surface area (Å²) in [4.78, 5) is 11.8. The molecule has 0 unspecified atom stereocenters. The standard InChI is InChI=1S/C15H12Cl2N2O3S/c16-11-5-6-14(17)10(8-11)4-7-15(20)19-12-2-1-3-13(9-12)23(18,21)22/h1-9H,(H,19,20)(H2,18,21,22). The number of rotatable bonds is 4. The van der Waals surface area contributed by atoms with Gasteiger partial charge in [0, 0.05) is 21.8 Å². The maximum atomic E-state index is 11.9. The molecule has 8 heteroatoms. The van der Waals surface area contributed by atoms with Crippen LogP contribution in [0.4, 0.5) is 5.69 Å². The van der Waals surface area contributed by atoms with E-state index < -0.39 is 15.9 Å². The highest BCUT2D eigenvalue weighted by Crippen LogP contribution is 2.22. The van der Waals surface area contributed by atoms with Gasteiger partial charge in [-0.25, -0.2) is 13.6 Å². The molecule has 0 saturated heterocycles. The van der Waals surface area contributed by atoms with E-state index in [2.05, 4.69) is 5.32 Å². The number of anilines is 1. The summed E-state index contributed by atoms with van der Waals surface area (Å²) in [5, 5.41) is 8.53. The maximum Gasteiger partial charge on any atom is 0.248 e. The summed E-state index contributed by atoms with van der Waals surface area (Å²) < 4.78 is 22.5. The van der Waals surface area contributed by atoms with Gasteiger partial charge in [-0.15, -0.1) is 0 Å². The molecule has 0 fully saturated rings. The Balaban J connectivity index is 2.14. The fraction of sp³-hybridized carbons (Fsp3) is 0. The van der Waals surface area contributed by atoms with Gasteiger partial charge in [0.1, 0.15) is 0 Å². The van der Waals surface area contributed by atoms with Crippen molar-refractivity contribution >= 4 is 50.9 Å². The molecule has 0 aliphatic rings. The molecule has 5 nitrogen and oxygen atoms in total. The third-order valence-electron chi connectivity index (χ3n) is 2.80. The molecule has 2 aromatic carbocycles. The second-order valence-electron chi connectivity index (χ2n) is 4.56. The molecule has 0 aliphatic carbocycles. The molecular formula is C15H12Cl2N2O3S. The van der Waals surface area contributed by atoms with Crippen LogP contribution in [0.15, 0.2) is 53.4 Å². The van der Waals surface area contributed by atoms with Crippen molar-refractivity contribution in [2.24, 2.45) is 5.14 Å². The van der Waals surface area contributed by atoms with Gasteiger partial charge in [0.2, 0.25) is 15.9 Å². The van der Waals surface area contributed by atoms with Crippen LogP contribution in [0.1, 0.15) is 5.56 Å². The fourth-order valence-corrected chi connectivity index (χ4v) is 2.66. The molecular weight excluding hydrogens is 359 g/mol. The summed E-state index contributed by atoms with van der Waals surface area (Å²) in [6.45, 7) is 0. The maximum absolute atomic E-state index is 11.9. The molecule has 0 heterocycles. The zero-order valence-corrected chi connectivity index (χ0v) is 14.0. The fourth-order valence-electron chi connectivity index (χ4n) is 1.74. The van der Waals surface area contributed by atoms with E-state index in [9.17, 15) is 13.2 Å². The molecule has 0 spiro atoms. The van der Waals surface area contributed by atoms with Crippen molar-refractivity contribution in [3.8, 4) is 0 Å². The van der Waals surface area contributed by atoms with Gasteiger partial charge in [0.05, 0.1) is 4.90 Å². The van der Waals surface area contributed by atoms with E-state index in [1.165, 1.54) is 30.4 Å². The minimum Gasteiger partial charge on any atom is -0.322 e. The topological polar surface area (TPSA) is 89.3 Å². The number of amides is 1. The van der Waals surface area contributed by atoms with Crippen molar-refractivity contribution in [3.05, 3.63) is 64.1 Å². The van der Waals surface area contributed by atoms with Gasteiger partial charge in [0.25, 0.3) is 0 Å². The number of nitrogens with one attached hydrogen (secondary N) is 1. The third-order valence-corrected chi connectivity index (χ3v) is 4.29. The first-order valence-electron chi connectivity index (χ1n) is 6.33. The SMILES string of the molecule is NS(=O)(=O)c1cccc(NC(=O)C=Cc2cc(Cl)ccc2Cl)c1. The summed E-state index contributed by atoms with van der Waals surface area (Å²) in [7, 11) is -3.83. The molecule has 1 amide bonds. The van der Waals surface area contributed by atoms with Crippen molar-refractivity contribution in [2.45, 2.75) is 4.90 Å². The number of carbonyl (C=O) groups excluding carboxylic acids is 1.